The summed E-state index contributed by atoms with van der Waals surface area (Å²) in [5.74, 6) is 1.41. The maximum absolute atomic E-state index is 11.9. The maximum atomic E-state index is 11.9. The van der Waals surface area contributed by atoms with Gasteiger partial charge in [0.15, 0.2) is 6.61 Å². The van der Waals surface area contributed by atoms with Crippen LogP contribution in [0.5, 0.6) is 11.5 Å². The predicted molar refractivity (Wildman–Crippen MR) is 95.5 cm³/mol. The number of carbonyl (C=O) groups excluding carboxylic acids is 1. The van der Waals surface area contributed by atoms with Crippen molar-refractivity contribution in [3.63, 3.8) is 0 Å². The molecule has 2 rings (SSSR count). The highest BCUT2D eigenvalue weighted by molar-refractivity contribution is 5.77. The van der Waals surface area contributed by atoms with E-state index in [1.807, 2.05) is 64.1 Å². The number of benzene rings is 2. The minimum Gasteiger partial charge on any atom is -0.491 e. The molecule has 0 fully saturated rings. The molecule has 0 saturated heterocycles. The van der Waals surface area contributed by atoms with Gasteiger partial charge >= 0.3 is 0 Å². The smallest absolute Gasteiger partial charge is 0.258 e. The van der Waals surface area contributed by atoms with Gasteiger partial charge in [-0.25, -0.2) is 0 Å². The Labute approximate surface area is 143 Å². The highest BCUT2D eigenvalue weighted by Gasteiger charge is 2.04. The Morgan fingerprint density at radius 3 is 2.21 bits per heavy atom. The van der Waals surface area contributed by atoms with E-state index in [0.29, 0.717) is 6.54 Å². The Morgan fingerprint density at radius 2 is 1.62 bits per heavy atom. The summed E-state index contributed by atoms with van der Waals surface area (Å²) in [7, 11) is 0. The van der Waals surface area contributed by atoms with Gasteiger partial charge < -0.3 is 14.8 Å². The number of hydrogen-bond donors (Lipinski definition) is 1. The van der Waals surface area contributed by atoms with Crippen LogP contribution in [0.4, 0.5) is 0 Å². The molecule has 0 heterocycles. The molecule has 0 saturated carbocycles. The average molecular weight is 327 g/mol. The molecule has 0 aliphatic carbocycles. The standard InChI is InChI=1S/C20H25NO3/c1-14(2)24-18-7-5-17(6-8-18)12-21-20(22)13-23-19-10-15(3)9-16(4)11-19/h5-11,14H,12-13H2,1-4H3,(H,21,22). The molecule has 128 valence electrons. The van der Waals surface area contributed by atoms with E-state index in [1.54, 1.807) is 0 Å². The van der Waals surface area contributed by atoms with Gasteiger partial charge in [0, 0.05) is 6.54 Å². The second-order valence-electron chi connectivity index (χ2n) is 6.20. The minimum atomic E-state index is -0.142. The van der Waals surface area contributed by atoms with Gasteiger partial charge in [-0.1, -0.05) is 18.2 Å². The quantitative estimate of drug-likeness (QED) is 0.842. The lowest BCUT2D eigenvalue weighted by Crippen LogP contribution is -2.28. The molecule has 0 unspecified atom stereocenters. The Hall–Kier alpha value is -2.49. The van der Waals surface area contributed by atoms with Crippen molar-refractivity contribution in [2.45, 2.75) is 40.3 Å². The summed E-state index contributed by atoms with van der Waals surface area (Å²) >= 11 is 0. The lowest BCUT2D eigenvalue weighted by Gasteiger charge is -2.11. The van der Waals surface area contributed by atoms with Crippen LogP contribution in [0.15, 0.2) is 42.5 Å². The van der Waals surface area contributed by atoms with E-state index in [9.17, 15) is 4.79 Å². The van der Waals surface area contributed by atoms with Crippen molar-refractivity contribution in [2.75, 3.05) is 6.61 Å². The van der Waals surface area contributed by atoms with Gasteiger partial charge in [0.1, 0.15) is 11.5 Å². The fraction of sp³-hybridized carbons (Fsp3) is 0.350. The van der Waals surface area contributed by atoms with Gasteiger partial charge in [-0.2, -0.15) is 0 Å². The molecule has 0 aliphatic heterocycles. The van der Waals surface area contributed by atoms with Crippen LogP contribution in [0.1, 0.15) is 30.5 Å². The molecule has 0 radical (unpaired) electrons. The molecule has 0 spiro atoms. The lowest BCUT2D eigenvalue weighted by atomic mass is 10.1. The third-order valence-corrected chi connectivity index (χ3v) is 3.35. The molecule has 1 N–H and O–H groups in total. The van der Waals surface area contributed by atoms with Gasteiger partial charge in [-0.05, 0) is 68.7 Å². The van der Waals surface area contributed by atoms with Crippen molar-refractivity contribution in [3.05, 3.63) is 59.2 Å². The second-order valence-corrected chi connectivity index (χ2v) is 6.20. The van der Waals surface area contributed by atoms with E-state index in [4.69, 9.17) is 9.47 Å². The summed E-state index contributed by atoms with van der Waals surface area (Å²) in [4.78, 5) is 11.9. The zero-order valence-corrected chi connectivity index (χ0v) is 14.8. The number of carbonyl (C=O) groups is 1. The highest BCUT2D eigenvalue weighted by Crippen LogP contribution is 2.16. The second kappa shape index (κ2) is 8.39. The van der Waals surface area contributed by atoms with E-state index in [2.05, 4.69) is 11.4 Å². The molecule has 2 aromatic rings. The van der Waals surface area contributed by atoms with E-state index in [0.717, 1.165) is 28.2 Å². The molecule has 0 aliphatic rings. The normalized spacial score (nSPS) is 10.5. The number of rotatable bonds is 7. The van der Waals surface area contributed by atoms with Crippen LogP contribution in [0.25, 0.3) is 0 Å². The number of aryl methyl sites for hydroxylation is 2. The van der Waals surface area contributed by atoms with Crippen molar-refractivity contribution in [2.24, 2.45) is 0 Å². The molecule has 4 heteroatoms. The Kier molecular flexibility index (Phi) is 6.24. The lowest BCUT2D eigenvalue weighted by molar-refractivity contribution is -0.123. The first-order chi connectivity index (χ1) is 11.4. The summed E-state index contributed by atoms with van der Waals surface area (Å²) in [5, 5.41) is 2.85. The Bertz CT molecular complexity index is 658. The van der Waals surface area contributed by atoms with Gasteiger partial charge in [0.25, 0.3) is 5.91 Å². The zero-order valence-electron chi connectivity index (χ0n) is 14.8. The first-order valence-corrected chi connectivity index (χ1v) is 8.16. The maximum Gasteiger partial charge on any atom is 0.258 e. The average Bonchev–Trinajstić information content (AvgIpc) is 2.51. The Morgan fingerprint density at radius 1 is 1.00 bits per heavy atom. The van der Waals surface area contributed by atoms with Gasteiger partial charge in [0.05, 0.1) is 6.10 Å². The summed E-state index contributed by atoms with van der Waals surface area (Å²) in [6, 6.07) is 13.6. The molecule has 0 atom stereocenters. The van der Waals surface area contributed by atoms with Crippen LogP contribution < -0.4 is 14.8 Å². The van der Waals surface area contributed by atoms with Crippen molar-refractivity contribution >= 4 is 5.91 Å². The molecule has 1 amide bonds. The van der Waals surface area contributed by atoms with E-state index in [1.165, 1.54) is 0 Å². The first-order valence-electron chi connectivity index (χ1n) is 8.16. The number of ether oxygens (including phenoxy) is 2. The predicted octanol–water partition coefficient (Wildman–Crippen LogP) is 3.79. The summed E-state index contributed by atoms with van der Waals surface area (Å²) in [6.45, 7) is 8.47. The van der Waals surface area contributed by atoms with Crippen LogP contribution in [0.2, 0.25) is 0 Å². The molecule has 0 bridgehead atoms. The topological polar surface area (TPSA) is 47.6 Å². The monoisotopic (exact) mass is 327 g/mol. The molecular formula is C20H25NO3. The van der Waals surface area contributed by atoms with E-state index in [-0.39, 0.29) is 18.6 Å². The molecule has 0 aromatic heterocycles. The van der Waals surface area contributed by atoms with Crippen molar-refractivity contribution in [1.82, 2.24) is 5.32 Å². The third-order valence-electron chi connectivity index (χ3n) is 3.35. The zero-order chi connectivity index (χ0) is 17.5. The molecule has 24 heavy (non-hydrogen) atoms. The van der Waals surface area contributed by atoms with Crippen LogP contribution in [0, 0.1) is 13.8 Å². The van der Waals surface area contributed by atoms with Gasteiger partial charge in [-0.3, -0.25) is 4.79 Å². The van der Waals surface area contributed by atoms with Crippen LogP contribution in [-0.4, -0.2) is 18.6 Å². The summed E-state index contributed by atoms with van der Waals surface area (Å²) < 4.78 is 11.1. The van der Waals surface area contributed by atoms with Gasteiger partial charge in [-0.15, -0.1) is 0 Å². The van der Waals surface area contributed by atoms with Crippen LogP contribution in [0.3, 0.4) is 0 Å². The van der Waals surface area contributed by atoms with Crippen molar-refractivity contribution < 1.29 is 14.3 Å². The minimum absolute atomic E-state index is 0.0113. The highest BCUT2D eigenvalue weighted by atomic mass is 16.5. The third kappa shape index (κ3) is 5.95. The van der Waals surface area contributed by atoms with E-state index < -0.39 is 0 Å². The Balaban J connectivity index is 1.78. The van der Waals surface area contributed by atoms with Crippen molar-refractivity contribution in [1.29, 1.82) is 0 Å². The van der Waals surface area contributed by atoms with Crippen LogP contribution in [-0.2, 0) is 11.3 Å². The van der Waals surface area contributed by atoms with E-state index >= 15 is 0 Å². The summed E-state index contributed by atoms with van der Waals surface area (Å²) in [6.07, 6.45) is 0.151. The number of hydrogen-bond acceptors (Lipinski definition) is 3. The van der Waals surface area contributed by atoms with Crippen molar-refractivity contribution in [3.8, 4) is 11.5 Å². The fourth-order valence-corrected chi connectivity index (χ4v) is 2.37. The number of amides is 1. The largest absolute Gasteiger partial charge is 0.491 e. The molecular weight excluding hydrogens is 302 g/mol. The SMILES string of the molecule is Cc1cc(C)cc(OCC(=O)NCc2ccc(OC(C)C)cc2)c1. The first kappa shape index (κ1) is 17.9. The molecule has 2 aromatic carbocycles. The van der Waals surface area contributed by atoms with Gasteiger partial charge in [0.2, 0.25) is 0 Å². The summed E-state index contributed by atoms with van der Waals surface area (Å²) in [5.41, 5.74) is 3.26. The van der Waals surface area contributed by atoms with Crippen LogP contribution >= 0.6 is 0 Å². The number of nitrogens with one attached hydrogen (secondary N) is 1. The fourth-order valence-electron chi connectivity index (χ4n) is 2.37. The molecule has 4 nitrogen and oxygen atoms in total.